The number of nitriles is 1. The van der Waals surface area contributed by atoms with Gasteiger partial charge in [0.15, 0.2) is 23.3 Å². The van der Waals surface area contributed by atoms with Gasteiger partial charge in [0.1, 0.15) is 81.6 Å². The van der Waals surface area contributed by atoms with Crippen LogP contribution in [0.2, 0.25) is 0 Å². The topological polar surface area (TPSA) is 207 Å². The lowest BCUT2D eigenvalue weighted by Crippen LogP contribution is -2.28. The number of benzene rings is 4. The lowest BCUT2D eigenvalue weighted by Gasteiger charge is -2.26. The highest BCUT2D eigenvalue weighted by Crippen LogP contribution is 2.44. The van der Waals surface area contributed by atoms with Crippen molar-refractivity contribution in [3.05, 3.63) is 77.9 Å². The van der Waals surface area contributed by atoms with Gasteiger partial charge in [-0.15, -0.1) is 0 Å². The van der Waals surface area contributed by atoms with Crippen LogP contribution in [0.5, 0.6) is 23.0 Å². The second kappa shape index (κ2) is 22.5. The summed E-state index contributed by atoms with van der Waals surface area (Å²) in [5.41, 5.74) is 4.15. The molecule has 0 spiro atoms. The van der Waals surface area contributed by atoms with Crippen LogP contribution in [-0.4, -0.2) is 75.4 Å². The van der Waals surface area contributed by atoms with Gasteiger partial charge in [-0.05, 0) is 126 Å². The summed E-state index contributed by atoms with van der Waals surface area (Å²) in [6.45, 7) is 34.3. The van der Waals surface area contributed by atoms with E-state index in [1.807, 2.05) is 66.7 Å². The molecule has 15 nitrogen and oxygen atoms in total. The van der Waals surface area contributed by atoms with Crippen molar-refractivity contribution in [2.45, 2.75) is 135 Å². The van der Waals surface area contributed by atoms with E-state index in [-0.39, 0.29) is 83.4 Å². The number of carboxylic acid groups (broad SMARTS) is 1. The number of aromatic amines is 2. The van der Waals surface area contributed by atoms with Gasteiger partial charge in [0, 0.05) is 43.8 Å². The third kappa shape index (κ3) is 11.4. The minimum Gasteiger partial charge on any atom is -0.490 e. The highest BCUT2D eigenvalue weighted by atomic mass is 16.5. The SMILES string of the molecule is CC(C)C(Oc1ccc2c(c1)-c1nc-2nc2[nH]c(nc3nc(nc4[nH]c(n1)c1ccc(OC(C(C)C)C(C)C)cc41)-c1c(/C=C(\C#N)C(=O)O)cc(OC(C(C)C)C(C)C)cc1-3)c1ccc(OC(C(C)C)C(C)C)cc21)C(C)C. The van der Waals surface area contributed by atoms with Crippen molar-refractivity contribution in [1.29, 1.82) is 5.26 Å². The van der Waals surface area contributed by atoms with Crippen molar-refractivity contribution in [1.82, 2.24) is 39.9 Å². The number of carboxylic acids is 1. The van der Waals surface area contributed by atoms with Crippen molar-refractivity contribution in [3.63, 3.8) is 0 Å². The molecule has 3 aromatic heterocycles. The summed E-state index contributed by atoms with van der Waals surface area (Å²) in [4.78, 5) is 51.6. The van der Waals surface area contributed by atoms with Gasteiger partial charge in [-0.3, -0.25) is 0 Å². The Kier molecular flexibility index (Phi) is 15.9. The van der Waals surface area contributed by atoms with Gasteiger partial charge in [-0.25, -0.2) is 34.7 Å². The minimum absolute atomic E-state index is 0.0443. The van der Waals surface area contributed by atoms with Crippen LogP contribution in [0.3, 0.4) is 0 Å². The first-order valence-electron chi connectivity index (χ1n) is 27.9. The maximum atomic E-state index is 12.7. The van der Waals surface area contributed by atoms with Gasteiger partial charge in [0.25, 0.3) is 0 Å². The summed E-state index contributed by atoms with van der Waals surface area (Å²) in [6.07, 6.45) is 0.955. The highest BCUT2D eigenvalue weighted by Gasteiger charge is 2.30. The average molecular weight is 1070 g/mol. The predicted octanol–water partition coefficient (Wildman–Crippen LogP) is 15.1. The van der Waals surface area contributed by atoms with Gasteiger partial charge in [0.2, 0.25) is 0 Å². The summed E-state index contributed by atoms with van der Waals surface area (Å²) >= 11 is 0. The first kappa shape index (κ1) is 55.9. The minimum atomic E-state index is -1.38. The fourth-order valence-corrected chi connectivity index (χ4v) is 11.4. The second-order valence-electron chi connectivity index (χ2n) is 23.9. The largest absolute Gasteiger partial charge is 0.490 e. The smallest absolute Gasteiger partial charge is 0.346 e. The summed E-state index contributed by atoms with van der Waals surface area (Å²) in [5.74, 6) is 4.14. The van der Waals surface area contributed by atoms with Gasteiger partial charge in [-0.1, -0.05) is 111 Å². The molecule has 8 bridgehead atoms. The van der Waals surface area contributed by atoms with E-state index >= 15 is 0 Å². The zero-order valence-electron chi connectivity index (χ0n) is 48.5. The van der Waals surface area contributed by atoms with Gasteiger partial charge >= 0.3 is 5.97 Å². The lowest BCUT2D eigenvalue weighted by molar-refractivity contribution is -0.132. The van der Waals surface area contributed by atoms with Crippen molar-refractivity contribution < 1.29 is 28.8 Å². The zero-order chi connectivity index (χ0) is 56.9. The Morgan fingerprint density at radius 2 is 0.797 bits per heavy atom. The Bertz CT molecular complexity index is 3670. The standard InChI is InChI=1S/C64H75N9O6/c1-30(2)52(31(3)4)76-40-17-20-44-47(25-40)59-66-56(44)67-60-48-26-41(77-53(32(5)6)33(7)8)18-21-45(48)58(69-60)71-62-50-28-43(79-55(36(13)14)37(15)16)24-38(23-39(29-65)64(74)75)51(50)63(73-62)72-61-49-27-42(78-54(34(9)10)35(11)12)19-22-46(49)57(68-59)70-61/h17-28,30-37,52-55H,1-16H3,(H,74,75)(H2,66,67,68,69,70,71,72,73)/b39-23+. The van der Waals surface area contributed by atoms with E-state index in [0.29, 0.717) is 79.3 Å². The Morgan fingerprint density at radius 1 is 0.443 bits per heavy atom. The fourth-order valence-electron chi connectivity index (χ4n) is 11.4. The molecular formula is C64H75N9O6. The number of aliphatic carboxylic acids is 1. The van der Waals surface area contributed by atoms with E-state index in [4.69, 9.17) is 48.9 Å². The summed E-state index contributed by atoms with van der Waals surface area (Å²) < 4.78 is 27.0. The van der Waals surface area contributed by atoms with Gasteiger partial charge in [-0.2, -0.15) is 5.26 Å². The molecule has 79 heavy (non-hydrogen) atoms. The Labute approximate surface area is 463 Å². The van der Waals surface area contributed by atoms with Crippen LogP contribution < -0.4 is 18.9 Å². The maximum Gasteiger partial charge on any atom is 0.346 e. The van der Waals surface area contributed by atoms with Crippen LogP contribution in [-0.2, 0) is 4.79 Å². The number of H-pyrrole nitrogens is 2. The van der Waals surface area contributed by atoms with Gasteiger partial charge < -0.3 is 34.0 Å². The average Bonchev–Trinajstić information content (AvgIpc) is 4.19. The molecule has 3 N–H and O–H groups in total. The number of hydrogen-bond acceptors (Lipinski definition) is 12. The number of rotatable bonds is 18. The lowest BCUT2D eigenvalue weighted by atomic mass is 9.95. The molecule has 2 aliphatic rings. The fraction of sp³-hybridized carbons (Fsp3) is 0.438. The van der Waals surface area contributed by atoms with Gasteiger partial charge in [0.05, 0.1) is 0 Å². The molecule has 0 saturated carbocycles. The number of nitrogens with one attached hydrogen (secondary N) is 2. The van der Waals surface area contributed by atoms with E-state index < -0.39 is 11.5 Å². The molecule has 9 rings (SSSR count). The van der Waals surface area contributed by atoms with Crippen molar-refractivity contribution >= 4 is 56.2 Å². The molecular weight excluding hydrogens is 991 g/mol. The Hall–Kier alpha value is -7.86. The van der Waals surface area contributed by atoms with E-state index in [2.05, 4.69) is 121 Å². The Balaban J connectivity index is 1.43. The Morgan fingerprint density at radius 3 is 1.23 bits per heavy atom. The summed E-state index contributed by atoms with van der Waals surface area (Å²) in [6, 6.07) is 23.3. The summed E-state index contributed by atoms with van der Waals surface area (Å²) in [7, 11) is 0. The van der Waals surface area contributed by atoms with Crippen LogP contribution in [0, 0.1) is 58.7 Å². The van der Waals surface area contributed by atoms with E-state index in [1.165, 1.54) is 6.08 Å². The molecule has 15 heteroatoms. The molecule has 0 fully saturated rings. The normalized spacial score (nSPS) is 12.8. The number of aromatic nitrogens is 8. The molecule has 2 aliphatic heterocycles. The van der Waals surface area contributed by atoms with Crippen LogP contribution in [0.25, 0.3) is 95.8 Å². The van der Waals surface area contributed by atoms with Crippen LogP contribution in [0.15, 0.2) is 72.3 Å². The second-order valence-corrected chi connectivity index (χ2v) is 23.9. The van der Waals surface area contributed by atoms with Crippen LogP contribution in [0.4, 0.5) is 0 Å². The monoisotopic (exact) mass is 1070 g/mol. The molecule has 0 unspecified atom stereocenters. The summed E-state index contributed by atoms with van der Waals surface area (Å²) in [5, 5.41) is 23.4. The van der Waals surface area contributed by atoms with E-state index in [9.17, 15) is 15.2 Å². The van der Waals surface area contributed by atoms with Crippen LogP contribution in [0.1, 0.15) is 116 Å². The van der Waals surface area contributed by atoms with Crippen LogP contribution >= 0.6 is 0 Å². The molecule has 0 radical (unpaired) electrons. The third-order valence-electron chi connectivity index (χ3n) is 14.8. The number of fused-ring (bicyclic) bond motifs is 20. The number of nitrogens with zero attached hydrogens (tertiary/aromatic N) is 7. The van der Waals surface area contributed by atoms with Crippen molar-refractivity contribution in [2.75, 3.05) is 0 Å². The molecule has 4 aromatic carbocycles. The molecule has 0 aliphatic carbocycles. The number of ether oxygens (including phenoxy) is 4. The highest BCUT2D eigenvalue weighted by molar-refractivity contribution is 6.07. The molecule has 5 heterocycles. The van der Waals surface area contributed by atoms with E-state index in [1.54, 1.807) is 6.07 Å². The third-order valence-corrected chi connectivity index (χ3v) is 14.8. The zero-order valence-corrected chi connectivity index (χ0v) is 48.5. The van der Waals surface area contributed by atoms with Crippen molar-refractivity contribution in [2.24, 2.45) is 47.3 Å². The quantitative estimate of drug-likeness (QED) is 0.0541. The molecule has 0 atom stereocenters. The van der Waals surface area contributed by atoms with Crippen molar-refractivity contribution in [3.8, 4) is 74.6 Å². The maximum absolute atomic E-state index is 12.7. The first-order chi connectivity index (χ1) is 37.5. The molecule has 0 amide bonds. The molecule has 7 aromatic rings. The molecule has 0 saturated heterocycles. The number of hydrogen-bond donors (Lipinski definition) is 3. The predicted molar refractivity (Wildman–Crippen MR) is 314 cm³/mol. The first-order valence-corrected chi connectivity index (χ1v) is 27.9. The van der Waals surface area contributed by atoms with E-state index in [0.717, 1.165) is 27.3 Å². The molecule has 412 valence electrons. The number of carbonyl (C=O) groups is 1.